The number of halogens is 1. The lowest BCUT2D eigenvalue weighted by Crippen LogP contribution is -2.28. The van der Waals surface area contributed by atoms with Gasteiger partial charge in [-0.05, 0) is 37.5 Å². The molecule has 1 amide bonds. The number of carbonyl (C=O) groups excluding carboxylic acids is 1. The Morgan fingerprint density at radius 3 is 2.78 bits per heavy atom. The van der Waals surface area contributed by atoms with Gasteiger partial charge >= 0.3 is 0 Å². The van der Waals surface area contributed by atoms with Gasteiger partial charge in [0.1, 0.15) is 0 Å². The molecule has 0 saturated carbocycles. The van der Waals surface area contributed by atoms with E-state index < -0.39 is 0 Å². The van der Waals surface area contributed by atoms with Crippen molar-refractivity contribution in [2.45, 2.75) is 19.8 Å². The number of ether oxygens (including phenoxy) is 1. The zero-order valence-corrected chi connectivity index (χ0v) is 11.9. The van der Waals surface area contributed by atoms with Crippen molar-refractivity contribution in [3.8, 4) is 0 Å². The Balaban J connectivity index is 2.11. The largest absolute Gasteiger partial charge is 0.397 e. The summed E-state index contributed by atoms with van der Waals surface area (Å²) in [7, 11) is 0. The third-order valence-corrected chi connectivity index (χ3v) is 3.66. The first-order valence-corrected chi connectivity index (χ1v) is 6.81. The Bertz CT molecular complexity index is 457. The van der Waals surface area contributed by atoms with Crippen LogP contribution in [0.2, 0.25) is 0 Å². The highest BCUT2D eigenvalue weighted by Crippen LogP contribution is 2.28. The van der Waals surface area contributed by atoms with Gasteiger partial charge in [0, 0.05) is 23.6 Å². The molecule has 3 N–H and O–H groups in total. The maximum absolute atomic E-state index is 12.1. The highest BCUT2D eigenvalue weighted by molar-refractivity contribution is 9.10. The Hall–Kier alpha value is -1.07. The van der Waals surface area contributed by atoms with Crippen molar-refractivity contribution in [1.29, 1.82) is 0 Å². The number of benzene rings is 1. The maximum atomic E-state index is 12.1. The summed E-state index contributed by atoms with van der Waals surface area (Å²) in [6.45, 7) is 3.24. The number of nitrogens with two attached hydrogens (primary N) is 1. The smallest absolute Gasteiger partial charge is 0.227 e. The van der Waals surface area contributed by atoms with Crippen LogP contribution >= 0.6 is 15.9 Å². The minimum absolute atomic E-state index is 0.0254. The van der Waals surface area contributed by atoms with E-state index in [0.29, 0.717) is 24.6 Å². The second kappa shape index (κ2) is 5.71. The molecule has 1 aromatic rings. The molecule has 1 saturated heterocycles. The average molecular weight is 313 g/mol. The third kappa shape index (κ3) is 3.03. The van der Waals surface area contributed by atoms with Crippen molar-refractivity contribution in [3.05, 3.63) is 22.2 Å². The monoisotopic (exact) mass is 312 g/mol. The van der Waals surface area contributed by atoms with E-state index in [1.54, 1.807) is 0 Å². The molecule has 1 aromatic carbocycles. The number of anilines is 2. The molecule has 5 heteroatoms. The van der Waals surface area contributed by atoms with Crippen molar-refractivity contribution in [3.63, 3.8) is 0 Å². The number of nitrogens with one attached hydrogen (secondary N) is 1. The Kier molecular flexibility index (Phi) is 4.24. The number of hydrogen-bond donors (Lipinski definition) is 2. The van der Waals surface area contributed by atoms with Crippen LogP contribution in [0.3, 0.4) is 0 Å². The van der Waals surface area contributed by atoms with Gasteiger partial charge in [0.25, 0.3) is 0 Å². The Morgan fingerprint density at radius 2 is 2.11 bits per heavy atom. The van der Waals surface area contributed by atoms with E-state index in [-0.39, 0.29) is 11.8 Å². The van der Waals surface area contributed by atoms with Gasteiger partial charge < -0.3 is 15.8 Å². The summed E-state index contributed by atoms with van der Waals surface area (Å²) in [6.07, 6.45) is 1.55. The van der Waals surface area contributed by atoms with Gasteiger partial charge in [0.2, 0.25) is 5.91 Å². The predicted molar refractivity (Wildman–Crippen MR) is 75.5 cm³/mol. The van der Waals surface area contributed by atoms with Crippen LogP contribution in [-0.4, -0.2) is 19.1 Å². The van der Waals surface area contributed by atoms with E-state index in [0.717, 1.165) is 22.9 Å². The molecule has 98 valence electrons. The molecule has 0 aromatic heterocycles. The number of rotatable bonds is 2. The topological polar surface area (TPSA) is 64.3 Å². The van der Waals surface area contributed by atoms with Gasteiger partial charge in [-0.1, -0.05) is 15.9 Å². The summed E-state index contributed by atoms with van der Waals surface area (Å²) >= 11 is 3.41. The highest BCUT2D eigenvalue weighted by Gasteiger charge is 2.22. The lowest BCUT2D eigenvalue weighted by Gasteiger charge is -2.22. The van der Waals surface area contributed by atoms with E-state index in [4.69, 9.17) is 10.5 Å². The first kappa shape index (κ1) is 13.4. The minimum atomic E-state index is 0.0254. The van der Waals surface area contributed by atoms with Crippen LogP contribution in [-0.2, 0) is 9.53 Å². The van der Waals surface area contributed by atoms with Gasteiger partial charge in [0.05, 0.1) is 11.4 Å². The number of hydrogen-bond acceptors (Lipinski definition) is 3. The Labute approximate surface area is 115 Å². The molecule has 4 nitrogen and oxygen atoms in total. The summed E-state index contributed by atoms with van der Waals surface area (Å²) < 4.78 is 6.16. The zero-order valence-electron chi connectivity index (χ0n) is 10.3. The van der Waals surface area contributed by atoms with Crippen LogP contribution in [0.4, 0.5) is 11.4 Å². The summed E-state index contributed by atoms with van der Waals surface area (Å²) in [5.41, 5.74) is 8.22. The Morgan fingerprint density at radius 1 is 1.44 bits per heavy atom. The molecule has 18 heavy (non-hydrogen) atoms. The minimum Gasteiger partial charge on any atom is -0.397 e. The highest BCUT2D eigenvalue weighted by atomic mass is 79.9. The van der Waals surface area contributed by atoms with Gasteiger partial charge in [-0.3, -0.25) is 4.79 Å². The maximum Gasteiger partial charge on any atom is 0.227 e. The summed E-state index contributed by atoms with van der Waals surface area (Å²) in [5.74, 6) is 0.0555. The van der Waals surface area contributed by atoms with Crippen LogP contribution in [0.1, 0.15) is 18.4 Å². The molecule has 0 bridgehead atoms. The van der Waals surface area contributed by atoms with Gasteiger partial charge in [-0.25, -0.2) is 0 Å². The normalized spacial score (nSPS) is 16.6. The standard InChI is InChI=1S/C13H17BrN2O2/c1-8-6-10(14)7-11(12(8)15)16-13(17)9-2-4-18-5-3-9/h6-7,9H,2-5,15H2,1H3,(H,16,17). The summed E-state index contributed by atoms with van der Waals surface area (Å²) in [4.78, 5) is 12.1. The lowest BCUT2D eigenvalue weighted by atomic mass is 9.99. The van der Waals surface area contributed by atoms with Crippen molar-refractivity contribution >= 4 is 33.2 Å². The van der Waals surface area contributed by atoms with Gasteiger partial charge in [-0.2, -0.15) is 0 Å². The van der Waals surface area contributed by atoms with Crippen molar-refractivity contribution in [2.24, 2.45) is 5.92 Å². The van der Waals surface area contributed by atoms with Crippen LogP contribution in [0.15, 0.2) is 16.6 Å². The molecule has 0 atom stereocenters. The molecule has 0 aliphatic carbocycles. The molecule has 2 rings (SSSR count). The van der Waals surface area contributed by atoms with Crippen molar-refractivity contribution in [2.75, 3.05) is 24.3 Å². The van der Waals surface area contributed by atoms with Crippen LogP contribution in [0.25, 0.3) is 0 Å². The van der Waals surface area contributed by atoms with E-state index in [2.05, 4.69) is 21.2 Å². The van der Waals surface area contributed by atoms with Crippen molar-refractivity contribution in [1.82, 2.24) is 0 Å². The number of nitrogen functional groups attached to an aromatic ring is 1. The molecular weight excluding hydrogens is 296 g/mol. The molecule has 1 aliphatic heterocycles. The van der Waals surface area contributed by atoms with E-state index in [1.165, 1.54) is 0 Å². The predicted octanol–water partition coefficient (Wildman–Crippen LogP) is 2.70. The second-order valence-electron chi connectivity index (χ2n) is 4.56. The molecular formula is C13H17BrN2O2. The first-order chi connectivity index (χ1) is 8.58. The number of carbonyl (C=O) groups is 1. The van der Waals surface area contributed by atoms with E-state index >= 15 is 0 Å². The fourth-order valence-electron chi connectivity index (χ4n) is 2.05. The number of amides is 1. The summed E-state index contributed by atoms with van der Waals surface area (Å²) in [6, 6.07) is 3.76. The van der Waals surface area contributed by atoms with Gasteiger partial charge in [0.15, 0.2) is 0 Å². The molecule has 0 radical (unpaired) electrons. The molecule has 1 heterocycles. The lowest BCUT2D eigenvalue weighted by molar-refractivity contribution is -0.122. The zero-order chi connectivity index (χ0) is 13.1. The number of aryl methyl sites for hydroxylation is 1. The van der Waals surface area contributed by atoms with E-state index in [9.17, 15) is 4.79 Å². The third-order valence-electron chi connectivity index (χ3n) is 3.20. The fourth-order valence-corrected chi connectivity index (χ4v) is 2.62. The first-order valence-electron chi connectivity index (χ1n) is 6.02. The van der Waals surface area contributed by atoms with Crippen LogP contribution < -0.4 is 11.1 Å². The second-order valence-corrected chi connectivity index (χ2v) is 5.48. The van der Waals surface area contributed by atoms with Crippen molar-refractivity contribution < 1.29 is 9.53 Å². The molecule has 1 aliphatic rings. The average Bonchev–Trinajstić information content (AvgIpc) is 2.36. The fraction of sp³-hybridized carbons (Fsp3) is 0.462. The van der Waals surface area contributed by atoms with E-state index in [1.807, 2.05) is 19.1 Å². The summed E-state index contributed by atoms with van der Waals surface area (Å²) in [5, 5.41) is 2.91. The van der Waals surface area contributed by atoms with Crippen LogP contribution in [0, 0.1) is 12.8 Å². The van der Waals surface area contributed by atoms with Gasteiger partial charge in [-0.15, -0.1) is 0 Å². The molecule has 0 unspecified atom stereocenters. The molecule has 1 fully saturated rings. The van der Waals surface area contributed by atoms with Crippen LogP contribution in [0.5, 0.6) is 0 Å². The SMILES string of the molecule is Cc1cc(Br)cc(NC(=O)C2CCOCC2)c1N. The quantitative estimate of drug-likeness (QED) is 0.825. The molecule has 0 spiro atoms.